The molecule has 0 saturated carbocycles. The SMILES string of the molecule is COC(=O)C(CC1=CC(c2c(O)c3c(c(C)c2OC)COC3=O)CC1)C(C)=O. The third-order valence-corrected chi connectivity index (χ3v) is 5.61. The van der Waals surface area contributed by atoms with E-state index < -0.39 is 17.9 Å². The molecule has 0 spiro atoms. The molecule has 0 fully saturated rings. The van der Waals surface area contributed by atoms with Crippen molar-refractivity contribution in [1.82, 2.24) is 0 Å². The van der Waals surface area contributed by atoms with Crippen LogP contribution in [0.2, 0.25) is 0 Å². The Morgan fingerprint density at radius 1 is 1.36 bits per heavy atom. The summed E-state index contributed by atoms with van der Waals surface area (Å²) in [6.45, 7) is 3.33. The molecule has 0 radical (unpaired) electrons. The van der Waals surface area contributed by atoms with E-state index in [0.29, 0.717) is 29.7 Å². The van der Waals surface area contributed by atoms with Gasteiger partial charge in [-0.15, -0.1) is 0 Å². The minimum atomic E-state index is -0.831. The number of hydrogen-bond donors (Lipinski definition) is 1. The number of ketones is 1. The predicted molar refractivity (Wildman–Crippen MR) is 99.4 cm³/mol. The number of carbonyl (C=O) groups is 3. The van der Waals surface area contributed by atoms with Gasteiger partial charge in [0.25, 0.3) is 0 Å². The highest BCUT2D eigenvalue weighted by molar-refractivity contribution is 5.98. The number of aromatic hydroxyl groups is 1. The second-order valence-corrected chi connectivity index (χ2v) is 7.21. The quantitative estimate of drug-likeness (QED) is 0.454. The van der Waals surface area contributed by atoms with Crippen molar-refractivity contribution in [2.45, 2.75) is 45.6 Å². The number of esters is 2. The molecule has 0 bridgehead atoms. The number of benzene rings is 1. The Balaban J connectivity index is 1.98. The van der Waals surface area contributed by atoms with E-state index in [9.17, 15) is 19.5 Å². The zero-order chi connectivity index (χ0) is 20.6. The number of hydrogen-bond acceptors (Lipinski definition) is 7. The standard InChI is InChI=1S/C21H24O7/c1-10-15-9-28-21(25)17(15)18(23)16(19(10)26-3)13-6-5-12(7-13)8-14(11(2)22)20(24)27-4/h7,13-14,23H,5-6,8-9H2,1-4H3. The second-order valence-electron chi connectivity index (χ2n) is 7.21. The molecule has 1 N–H and O–H groups in total. The molecule has 2 unspecified atom stereocenters. The van der Waals surface area contributed by atoms with Gasteiger partial charge in [-0.25, -0.2) is 4.79 Å². The fourth-order valence-corrected chi connectivity index (χ4v) is 4.12. The first-order valence-electron chi connectivity index (χ1n) is 9.17. The van der Waals surface area contributed by atoms with Crippen molar-refractivity contribution in [2.75, 3.05) is 14.2 Å². The Hall–Kier alpha value is -2.83. The van der Waals surface area contributed by atoms with Crippen LogP contribution in [0.4, 0.5) is 0 Å². The van der Waals surface area contributed by atoms with E-state index in [0.717, 1.165) is 11.1 Å². The third-order valence-electron chi connectivity index (χ3n) is 5.61. The molecule has 0 amide bonds. The summed E-state index contributed by atoms with van der Waals surface area (Å²) in [6.07, 6.45) is 3.59. The van der Waals surface area contributed by atoms with Crippen LogP contribution >= 0.6 is 0 Å². The van der Waals surface area contributed by atoms with E-state index in [2.05, 4.69) is 0 Å². The zero-order valence-corrected chi connectivity index (χ0v) is 16.5. The fourth-order valence-electron chi connectivity index (χ4n) is 4.12. The van der Waals surface area contributed by atoms with E-state index in [1.165, 1.54) is 21.1 Å². The summed E-state index contributed by atoms with van der Waals surface area (Å²) in [7, 11) is 2.79. The highest BCUT2D eigenvalue weighted by Crippen LogP contribution is 2.49. The first-order valence-corrected chi connectivity index (χ1v) is 9.17. The summed E-state index contributed by atoms with van der Waals surface area (Å²) in [5.41, 5.74) is 3.11. The zero-order valence-electron chi connectivity index (χ0n) is 16.5. The summed E-state index contributed by atoms with van der Waals surface area (Å²) in [5.74, 6) is -1.92. The molecule has 2 atom stereocenters. The Morgan fingerprint density at radius 3 is 2.68 bits per heavy atom. The molecule has 3 rings (SSSR count). The normalized spacial score (nSPS) is 18.9. The van der Waals surface area contributed by atoms with Crippen molar-refractivity contribution in [1.29, 1.82) is 0 Å². The summed E-state index contributed by atoms with van der Waals surface area (Å²) >= 11 is 0. The van der Waals surface area contributed by atoms with E-state index >= 15 is 0 Å². The van der Waals surface area contributed by atoms with Gasteiger partial charge in [0.2, 0.25) is 0 Å². The molecule has 1 aliphatic heterocycles. The van der Waals surface area contributed by atoms with Crippen LogP contribution in [0.5, 0.6) is 11.5 Å². The van der Waals surface area contributed by atoms with Gasteiger partial charge in [0, 0.05) is 17.0 Å². The average molecular weight is 388 g/mol. The lowest BCUT2D eigenvalue weighted by atomic mass is 9.89. The van der Waals surface area contributed by atoms with Gasteiger partial charge in [-0.1, -0.05) is 11.6 Å². The first kappa shape index (κ1) is 19.9. The lowest BCUT2D eigenvalue weighted by Crippen LogP contribution is -2.23. The summed E-state index contributed by atoms with van der Waals surface area (Å²) in [5, 5.41) is 10.8. The maximum atomic E-state index is 12.1. The molecule has 2 aliphatic rings. The number of fused-ring (bicyclic) bond motifs is 1. The van der Waals surface area contributed by atoms with Gasteiger partial charge in [0.05, 0.1) is 14.2 Å². The topological polar surface area (TPSA) is 99.1 Å². The van der Waals surface area contributed by atoms with E-state index in [1.54, 1.807) is 0 Å². The van der Waals surface area contributed by atoms with E-state index in [1.807, 2.05) is 13.0 Å². The largest absolute Gasteiger partial charge is 0.507 e. The van der Waals surface area contributed by atoms with Crippen LogP contribution in [0.15, 0.2) is 11.6 Å². The van der Waals surface area contributed by atoms with Crippen LogP contribution in [0.1, 0.15) is 59.2 Å². The monoisotopic (exact) mass is 388 g/mol. The molecule has 28 heavy (non-hydrogen) atoms. The molecule has 7 nitrogen and oxygen atoms in total. The Morgan fingerprint density at radius 2 is 2.07 bits per heavy atom. The van der Waals surface area contributed by atoms with Crippen LogP contribution in [0.3, 0.4) is 0 Å². The van der Waals surface area contributed by atoms with Crippen LogP contribution in [0.25, 0.3) is 0 Å². The number of ether oxygens (including phenoxy) is 3. The van der Waals surface area contributed by atoms with Gasteiger partial charge < -0.3 is 19.3 Å². The van der Waals surface area contributed by atoms with Crippen LogP contribution in [0, 0.1) is 12.8 Å². The third kappa shape index (κ3) is 3.25. The van der Waals surface area contributed by atoms with Crippen molar-refractivity contribution in [3.05, 3.63) is 33.9 Å². The Labute approximate surface area is 163 Å². The van der Waals surface area contributed by atoms with Crippen LogP contribution in [-0.2, 0) is 25.7 Å². The smallest absolute Gasteiger partial charge is 0.342 e. The van der Waals surface area contributed by atoms with Gasteiger partial charge in [-0.3, -0.25) is 9.59 Å². The molecule has 1 aliphatic carbocycles. The van der Waals surface area contributed by atoms with Gasteiger partial charge in [-0.05, 0) is 38.7 Å². The Kier molecular flexibility index (Phi) is 5.45. The van der Waals surface area contributed by atoms with E-state index in [-0.39, 0.29) is 36.0 Å². The van der Waals surface area contributed by atoms with Crippen molar-refractivity contribution in [3.8, 4) is 11.5 Å². The number of rotatable bonds is 6. The Bertz CT molecular complexity index is 881. The van der Waals surface area contributed by atoms with Gasteiger partial charge in [0.15, 0.2) is 0 Å². The predicted octanol–water partition coefficient (Wildman–Crippen LogP) is 2.95. The number of phenols is 1. The molecular weight excluding hydrogens is 364 g/mol. The summed E-state index contributed by atoms with van der Waals surface area (Å²) < 4.78 is 15.4. The molecule has 7 heteroatoms. The number of carbonyl (C=O) groups excluding carboxylic acids is 3. The second kappa shape index (κ2) is 7.66. The summed E-state index contributed by atoms with van der Waals surface area (Å²) in [6, 6.07) is 0. The summed E-state index contributed by atoms with van der Waals surface area (Å²) in [4.78, 5) is 35.8. The maximum Gasteiger partial charge on any atom is 0.342 e. The number of methoxy groups -OCH3 is 2. The molecule has 150 valence electrons. The molecule has 1 aromatic carbocycles. The fraction of sp³-hybridized carbons (Fsp3) is 0.476. The molecule has 0 aromatic heterocycles. The number of allylic oxidation sites excluding steroid dienone is 2. The number of phenolic OH excluding ortho intramolecular Hbond substituents is 1. The lowest BCUT2D eigenvalue weighted by molar-refractivity contribution is -0.148. The van der Waals surface area contributed by atoms with Crippen molar-refractivity contribution in [3.63, 3.8) is 0 Å². The van der Waals surface area contributed by atoms with Gasteiger partial charge in [-0.2, -0.15) is 0 Å². The van der Waals surface area contributed by atoms with Gasteiger partial charge in [0.1, 0.15) is 35.4 Å². The number of Topliss-reactive ketones (excluding diaryl/α,β-unsaturated/α-hetero) is 1. The lowest BCUT2D eigenvalue weighted by Gasteiger charge is -2.19. The highest BCUT2D eigenvalue weighted by atomic mass is 16.5. The molecule has 1 heterocycles. The average Bonchev–Trinajstić information content (AvgIpc) is 3.28. The van der Waals surface area contributed by atoms with Crippen molar-refractivity contribution >= 4 is 17.7 Å². The van der Waals surface area contributed by atoms with Crippen LogP contribution < -0.4 is 4.74 Å². The minimum absolute atomic E-state index is 0.112. The first-order chi connectivity index (χ1) is 13.3. The number of cyclic esters (lactones) is 1. The van der Waals surface area contributed by atoms with Crippen LogP contribution in [-0.4, -0.2) is 37.0 Å². The van der Waals surface area contributed by atoms with E-state index in [4.69, 9.17) is 14.2 Å². The van der Waals surface area contributed by atoms with Crippen molar-refractivity contribution in [2.24, 2.45) is 5.92 Å². The molecule has 0 saturated heterocycles. The molecule has 1 aromatic rings. The van der Waals surface area contributed by atoms with Crippen molar-refractivity contribution < 1.29 is 33.7 Å². The maximum absolute atomic E-state index is 12.1. The highest BCUT2D eigenvalue weighted by Gasteiger charge is 2.36. The minimum Gasteiger partial charge on any atom is -0.507 e. The van der Waals surface area contributed by atoms with Gasteiger partial charge >= 0.3 is 11.9 Å². The molecular formula is C21H24O7.